The van der Waals surface area contributed by atoms with Crippen LogP contribution in [0.1, 0.15) is 27.0 Å². The molecule has 154 valence electrons. The molecule has 3 aromatic carbocycles. The molecule has 0 unspecified atom stereocenters. The summed E-state index contributed by atoms with van der Waals surface area (Å²) >= 11 is 0. The molecule has 1 N–H and O–H groups in total. The number of carbonyl (C=O) groups is 1. The smallest absolute Gasteiger partial charge is 0.270 e. The molecule has 0 radical (unpaired) electrons. The summed E-state index contributed by atoms with van der Waals surface area (Å²) in [6.45, 7) is 3.94. The Morgan fingerprint density at radius 2 is 1.80 bits per heavy atom. The van der Waals surface area contributed by atoms with E-state index in [-0.39, 0.29) is 18.2 Å². The number of rotatable bonds is 7. The van der Waals surface area contributed by atoms with Crippen LogP contribution in [0.3, 0.4) is 0 Å². The first-order chi connectivity index (χ1) is 14.4. The number of hydrogen-bond donors (Lipinski definition) is 1. The fourth-order valence-electron chi connectivity index (χ4n) is 3.00. The van der Waals surface area contributed by atoms with Crippen LogP contribution in [-0.2, 0) is 6.61 Å². The molecule has 0 heterocycles. The number of methoxy groups -OCH3 is 1. The summed E-state index contributed by atoms with van der Waals surface area (Å²) in [5.74, 6) is 0.539. The number of para-hydroxylation sites is 1. The van der Waals surface area contributed by atoms with E-state index in [1.165, 1.54) is 25.3 Å². The summed E-state index contributed by atoms with van der Waals surface area (Å²) in [7, 11) is 1.48. The van der Waals surface area contributed by atoms with Gasteiger partial charge in [-0.25, -0.2) is 0 Å². The number of non-ortho nitro benzene ring substituents is 1. The number of hydrogen-bond acceptors (Lipinski definition) is 5. The molecule has 30 heavy (non-hydrogen) atoms. The standard InChI is InChI=1S/C23H22N2O5/c1-15-7-6-9-20(16(15)2)24-23(26)19-8-4-5-10-22(19)30-14-17-13-18(25(27)28)11-12-21(17)29-3/h4-13H,14H2,1-3H3,(H,24,26). The van der Waals surface area contributed by atoms with Gasteiger partial charge in [0.2, 0.25) is 0 Å². The fraction of sp³-hybridized carbons (Fsp3) is 0.174. The largest absolute Gasteiger partial charge is 0.496 e. The predicted octanol–water partition coefficient (Wildman–Crippen LogP) is 5.05. The Hall–Kier alpha value is -3.87. The molecule has 0 saturated heterocycles. The van der Waals surface area contributed by atoms with E-state index in [2.05, 4.69) is 5.32 Å². The second-order valence-corrected chi connectivity index (χ2v) is 6.74. The van der Waals surface area contributed by atoms with Gasteiger partial charge in [-0.1, -0.05) is 24.3 Å². The highest BCUT2D eigenvalue weighted by molar-refractivity contribution is 6.06. The molecule has 0 atom stereocenters. The molecule has 3 rings (SSSR count). The van der Waals surface area contributed by atoms with E-state index in [9.17, 15) is 14.9 Å². The van der Waals surface area contributed by atoms with Crippen molar-refractivity contribution in [2.45, 2.75) is 20.5 Å². The van der Waals surface area contributed by atoms with E-state index >= 15 is 0 Å². The van der Waals surface area contributed by atoms with Gasteiger partial charge in [0.05, 0.1) is 17.6 Å². The van der Waals surface area contributed by atoms with Gasteiger partial charge < -0.3 is 14.8 Å². The molecule has 7 heteroatoms. The highest BCUT2D eigenvalue weighted by atomic mass is 16.6. The number of carbonyl (C=O) groups excluding carboxylic acids is 1. The van der Waals surface area contributed by atoms with Crippen molar-refractivity contribution in [3.05, 3.63) is 93.0 Å². The Bertz CT molecular complexity index is 1090. The summed E-state index contributed by atoms with van der Waals surface area (Å²) in [5.41, 5.74) is 3.62. The second-order valence-electron chi connectivity index (χ2n) is 6.74. The molecule has 0 aromatic heterocycles. The summed E-state index contributed by atoms with van der Waals surface area (Å²) in [5, 5.41) is 14.0. The van der Waals surface area contributed by atoms with Gasteiger partial charge in [-0.3, -0.25) is 14.9 Å². The zero-order valence-electron chi connectivity index (χ0n) is 17.0. The number of benzene rings is 3. The highest BCUT2D eigenvalue weighted by Gasteiger charge is 2.16. The first-order valence-electron chi connectivity index (χ1n) is 9.31. The van der Waals surface area contributed by atoms with Gasteiger partial charge in [0.1, 0.15) is 18.1 Å². The second kappa shape index (κ2) is 9.09. The van der Waals surface area contributed by atoms with Crippen molar-refractivity contribution in [1.29, 1.82) is 0 Å². The molecule has 0 spiro atoms. The summed E-state index contributed by atoms with van der Waals surface area (Å²) < 4.78 is 11.1. The van der Waals surface area contributed by atoms with Crippen molar-refractivity contribution >= 4 is 17.3 Å². The topological polar surface area (TPSA) is 90.7 Å². The molecule has 1 amide bonds. The third-order valence-corrected chi connectivity index (χ3v) is 4.84. The summed E-state index contributed by atoms with van der Waals surface area (Å²) in [6, 6.07) is 16.9. The van der Waals surface area contributed by atoms with Gasteiger partial charge in [-0.15, -0.1) is 0 Å². The number of nitro groups is 1. The molecule has 7 nitrogen and oxygen atoms in total. The highest BCUT2D eigenvalue weighted by Crippen LogP contribution is 2.27. The van der Waals surface area contributed by atoms with Crippen LogP contribution in [0.5, 0.6) is 11.5 Å². The lowest BCUT2D eigenvalue weighted by molar-refractivity contribution is -0.385. The van der Waals surface area contributed by atoms with Crippen molar-refractivity contribution < 1.29 is 19.2 Å². The number of aryl methyl sites for hydroxylation is 1. The SMILES string of the molecule is COc1ccc([N+](=O)[O-])cc1COc1ccccc1C(=O)Nc1cccc(C)c1C. The summed E-state index contributed by atoms with van der Waals surface area (Å²) in [6.07, 6.45) is 0. The molecule has 0 aliphatic heterocycles. The monoisotopic (exact) mass is 406 g/mol. The fourth-order valence-corrected chi connectivity index (χ4v) is 3.00. The number of nitro benzene ring substituents is 1. The maximum absolute atomic E-state index is 12.9. The van der Waals surface area contributed by atoms with E-state index in [1.807, 2.05) is 32.0 Å². The molecule has 0 aliphatic rings. The lowest BCUT2D eigenvalue weighted by Gasteiger charge is -2.14. The minimum absolute atomic E-state index is 0.0125. The number of nitrogens with zero attached hydrogens (tertiary/aromatic N) is 1. The molecule has 3 aromatic rings. The maximum Gasteiger partial charge on any atom is 0.270 e. The van der Waals surface area contributed by atoms with Crippen LogP contribution in [0.4, 0.5) is 11.4 Å². The van der Waals surface area contributed by atoms with E-state index < -0.39 is 4.92 Å². The maximum atomic E-state index is 12.9. The number of amides is 1. The van der Waals surface area contributed by atoms with Crippen molar-refractivity contribution in [3.8, 4) is 11.5 Å². The van der Waals surface area contributed by atoms with Crippen LogP contribution in [-0.4, -0.2) is 17.9 Å². The Morgan fingerprint density at radius 1 is 1.03 bits per heavy atom. The van der Waals surface area contributed by atoms with Crippen molar-refractivity contribution in [1.82, 2.24) is 0 Å². The quantitative estimate of drug-likeness (QED) is 0.438. The Balaban J connectivity index is 1.82. The first-order valence-corrected chi connectivity index (χ1v) is 9.31. The zero-order chi connectivity index (χ0) is 21.7. The van der Waals surface area contributed by atoms with Crippen molar-refractivity contribution in [2.24, 2.45) is 0 Å². The number of nitrogens with one attached hydrogen (secondary N) is 1. The van der Waals surface area contributed by atoms with Crippen LogP contribution in [0.15, 0.2) is 60.7 Å². The molecule has 0 saturated carbocycles. The molecule has 0 fully saturated rings. The van der Waals surface area contributed by atoms with Gasteiger partial charge in [0, 0.05) is 23.4 Å². The molecular weight excluding hydrogens is 384 g/mol. The van der Waals surface area contributed by atoms with Gasteiger partial charge in [0.15, 0.2) is 0 Å². The van der Waals surface area contributed by atoms with E-state index in [1.54, 1.807) is 24.3 Å². The van der Waals surface area contributed by atoms with Gasteiger partial charge in [-0.2, -0.15) is 0 Å². The molecule has 0 aliphatic carbocycles. The van der Waals surface area contributed by atoms with Crippen molar-refractivity contribution in [2.75, 3.05) is 12.4 Å². The normalized spacial score (nSPS) is 10.4. The van der Waals surface area contributed by atoms with Crippen LogP contribution in [0.2, 0.25) is 0 Å². The minimum Gasteiger partial charge on any atom is -0.496 e. The number of ether oxygens (including phenoxy) is 2. The first kappa shape index (κ1) is 20.9. The van der Waals surface area contributed by atoms with Crippen LogP contribution in [0.25, 0.3) is 0 Å². The number of anilines is 1. The van der Waals surface area contributed by atoms with Gasteiger partial charge in [0.25, 0.3) is 11.6 Å². The Kier molecular flexibility index (Phi) is 6.32. The van der Waals surface area contributed by atoms with Crippen LogP contribution >= 0.6 is 0 Å². The van der Waals surface area contributed by atoms with Crippen molar-refractivity contribution in [3.63, 3.8) is 0 Å². The van der Waals surface area contributed by atoms with Gasteiger partial charge >= 0.3 is 0 Å². The minimum atomic E-state index is -0.478. The molecule has 0 bridgehead atoms. The lowest BCUT2D eigenvalue weighted by atomic mass is 10.1. The third-order valence-electron chi connectivity index (χ3n) is 4.84. The Morgan fingerprint density at radius 3 is 2.53 bits per heavy atom. The average molecular weight is 406 g/mol. The Labute approximate surface area is 174 Å². The lowest BCUT2D eigenvalue weighted by Crippen LogP contribution is -2.14. The van der Waals surface area contributed by atoms with E-state index in [0.29, 0.717) is 22.6 Å². The van der Waals surface area contributed by atoms with Crippen LogP contribution < -0.4 is 14.8 Å². The average Bonchev–Trinajstić information content (AvgIpc) is 2.75. The van der Waals surface area contributed by atoms with E-state index in [4.69, 9.17) is 9.47 Å². The van der Waals surface area contributed by atoms with E-state index in [0.717, 1.165) is 16.8 Å². The predicted molar refractivity (Wildman–Crippen MR) is 114 cm³/mol. The van der Waals surface area contributed by atoms with Crippen LogP contribution in [0, 0.1) is 24.0 Å². The summed E-state index contributed by atoms with van der Waals surface area (Å²) in [4.78, 5) is 23.5. The molecular formula is C23H22N2O5. The zero-order valence-corrected chi connectivity index (χ0v) is 17.0. The van der Waals surface area contributed by atoms with Gasteiger partial charge in [-0.05, 0) is 49.2 Å². The third kappa shape index (κ3) is 4.57.